The first kappa shape index (κ1) is 21.9. The SMILES string of the molecule is Cc1cc(-n2ccnc2)cc2[nH]c(-c3c(N(CO)CCc4ccc(Cl)cc4)cc[nH]c3=O)nc12. The molecule has 5 rings (SSSR count). The topological polar surface area (TPSA) is 103 Å². The van der Waals surface area contributed by atoms with Gasteiger partial charge in [-0.2, -0.15) is 0 Å². The summed E-state index contributed by atoms with van der Waals surface area (Å²) in [5.74, 6) is 0.447. The van der Waals surface area contributed by atoms with E-state index in [2.05, 4.69) is 15.0 Å². The van der Waals surface area contributed by atoms with Gasteiger partial charge < -0.3 is 24.5 Å². The Morgan fingerprint density at radius 2 is 2.00 bits per heavy atom. The molecule has 34 heavy (non-hydrogen) atoms. The number of anilines is 1. The van der Waals surface area contributed by atoms with E-state index in [9.17, 15) is 9.90 Å². The molecule has 0 aliphatic heterocycles. The molecule has 0 unspecified atom stereocenters. The predicted octanol–water partition coefficient (Wildman–Crippen LogP) is 4.06. The van der Waals surface area contributed by atoms with Crippen molar-refractivity contribution in [2.75, 3.05) is 18.2 Å². The van der Waals surface area contributed by atoms with Crippen LogP contribution in [0.4, 0.5) is 5.69 Å². The van der Waals surface area contributed by atoms with E-state index >= 15 is 0 Å². The third-order valence-electron chi connectivity index (χ3n) is 5.84. The van der Waals surface area contributed by atoms with E-state index in [-0.39, 0.29) is 12.3 Å². The standard InChI is InChI=1S/C25H23ClN6O2/c1-16-12-19(31-11-9-27-14-31)13-20-23(16)30-24(29-20)22-21(6-8-28-25(22)34)32(15-33)10-7-17-2-4-18(26)5-3-17/h2-6,8-9,11-14,33H,7,10,15H2,1H3,(H,28,34)(H,29,30). The Bertz CT molecular complexity index is 1490. The van der Waals surface area contributed by atoms with Gasteiger partial charge in [0.15, 0.2) is 0 Å². The van der Waals surface area contributed by atoms with Gasteiger partial charge in [-0.05, 0) is 54.8 Å². The molecule has 0 bridgehead atoms. The van der Waals surface area contributed by atoms with Crippen LogP contribution in [-0.2, 0) is 6.42 Å². The van der Waals surface area contributed by atoms with Crippen molar-refractivity contribution in [2.45, 2.75) is 13.3 Å². The molecule has 9 heteroatoms. The van der Waals surface area contributed by atoms with E-state index in [0.29, 0.717) is 35.1 Å². The molecule has 0 radical (unpaired) electrons. The fraction of sp³-hybridized carbons (Fsp3) is 0.160. The summed E-state index contributed by atoms with van der Waals surface area (Å²) >= 11 is 5.98. The average Bonchev–Trinajstić information content (AvgIpc) is 3.51. The minimum atomic E-state index is -0.283. The molecule has 2 aromatic carbocycles. The van der Waals surface area contributed by atoms with E-state index in [1.807, 2.05) is 54.1 Å². The molecule has 0 spiro atoms. The van der Waals surface area contributed by atoms with Crippen molar-refractivity contribution in [3.05, 3.63) is 93.9 Å². The zero-order chi connectivity index (χ0) is 23.7. The number of halogens is 1. The molecule has 0 saturated heterocycles. The van der Waals surface area contributed by atoms with Crippen LogP contribution in [0.2, 0.25) is 5.02 Å². The largest absolute Gasteiger partial charge is 0.376 e. The number of nitrogens with zero attached hydrogens (tertiary/aromatic N) is 4. The number of fused-ring (bicyclic) bond motifs is 1. The Balaban J connectivity index is 1.53. The van der Waals surface area contributed by atoms with Gasteiger partial charge in [0.05, 0.1) is 23.0 Å². The third kappa shape index (κ3) is 4.21. The van der Waals surface area contributed by atoms with Gasteiger partial charge in [0, 0.05) is 35.8 Å². The van der Waals surface area contributed by atoms with Crippen LogP contribution >= 0.6 is 11.6 Å². The molecule has 0 amide bonds. The van der Waals surface area contributed by atoms with E-state index in [4.69, 9.17) is 16.6 Å². The molecule has 0 fully saturated rings. The zero-order valence-electron chi connectivity index (χ0n) is 18.5. The Kier molecular flexibility index (Phi) is 5.91. The lowest BCUT2D eigenvalue weighted by atomic mass is 10.1. The highest BCUT2D eigenvalue weighted by atomic mass is 35.5. The highest BCUT2D eigenvalue weighted by molar-refractivity contribution is 6.30. The number of hydrogen-bond donors (Lipinski definition) is 3. The normalized spacial score (nSPS) is 11.3. The molecular weight excluding hydrogens is 452 g/mol. The van der Waals surface area contributed by atoms with Gasteiger partial charge in [-0.3, -0.25) is 4.79 Å². The van der Waals surface area contributed by atoms with Crippen LogP contribution < -0.4 is 10.5 Å². The molecule has 3 N–H and O–H groups in total. The lowest BCUT2D eigenvalue weighted by Crippen LogP contribution is -2.29. The van der Waals surface area contributed by atoms with E-state index < -0.39 is 0 Å². The summed E-state index contributed by atoms with van der Waals surface area (Å²) in [5, 5.41) is 10.8. The number of aromatic nitrogens is 5. The molecule has 0 aliphatic rings. The second-order valence-corrected chi connectivity index (χ2v) is 8.50. The molecule has 3 heterocycles. The minimum absolute atomic E-state index is 0.242. The molecular formula is C25H23ClN6O2. The lowest BCUT2D eigenvalue weighted by molar-refractivity contribution is 0.291. The van der Waals surface area contributed by atoms with Crippen molar-refractivity contribution >= 4 is 28.3 Å². The monoisotopic (exact) mass is 474 g/mol. The Labute approximate surface area is 200 Å². The number of rotatable bonds is 7. The second kappa shape index (κ2) is 9.17. The highest BCUT2D eigenvalue weighted by Gasteiger charge is 2.19. The number of aliphatic hydroxyl groups excluding tert-OH is 1. The maximum absolute atomic E-state index is 12.9. The number of nitrogens with one attached hydrogen (secondary N) is 2. The first-order valence-electron chi connectivity index (χ1n) is 10.8. The molecule has 0 atom stereocenters. The van der Waals surface area contributed by atoms with Crippen LogP contribution in [0.1, 0.15) is 11.1 Å². The molecule has 3 aromatic heterocycles. The van der Waals surface area contributed by atoms with Gasteiger partial charge >= 0.3 is 0 Å². The Morgan fingerprint density at radius 1 is 1.18 bits per heavy atom. The van der Waals surface area contributed by atoms with Crippen LogP contribution in [0.5, 0.6) is 0 Å². The highest BCUT2D eigenvalue weighted by Crippen LogP contribution is 2.29. The Hall–Kier alpha value is -3.88. The number of aliphatic hydroxyl groups is 1. The van der Waals surface area contributed by atoms with Gasteiger partial charge in [-0.15, -0.1) is 0 Å². The summed E-state index contributed by atoms with van der Waals surface area (Å²) in [5.41, 5.74) is 5.29. The van der Waals surface area contributed by atoms with Gasteiger partial charge in [-0.25, -0.2) is 9.97 Å². The molecule has 172 valence electrons. The summed E-state index contributed by atoms with van der Waals surface area (Å²) in [7, 11) is 0. The summed E-state index contributed by atoms with van der Waals surface area (Å²) in [6.07, 6.45) is 7.59. The number of benzene rings is 2. The maximum atomic E-state index is 12.9. The number of aromatic amines is 2. The van der Waals surface area contributed by atoms with E-state index in [0.717, 1.165) is 27.8 Å². The average molecular weight is 475 g/mol. The van der Waals surface area contributed by atoms with E-state index in [1.54, 1.807) is 29.7 Å². The van der Waals surface area contributed by atoms with Crippen molar-refractivity contribution < 1.29 is 5.11 Å². The fourth-order valence-corrected chi connectivity index (χ4v) is 4.22. The van der Waals surface area contributed by atoms with E-state index in [1.165, 1.54) is 0 Å². The van der Waals surface area contributed by atoms with Crippen molar-refractivity contribution in [3.63, 3.8) is 0 Å². The van der Waals surface area contributed by atoms with Gasteiger partial charge in [-0.1, -0.05) is 23.7 Å². The smallest absolute Gasteiger partial charge is 0.261 e. The quantitative estimate of drug-likeness (QED) is 0.309. The van der Waals surface area contributed by atoms with Gasteiger partial charge in [0.25, 0.3) is 5.56 Å². The van der Waals surface area contributed by atoms with Crippen LogP contribution in [0.15, 0.2) is 72.2 Å². The first-order chi connectivity index (χ1) is 16.5. The van der Waals surface area contributed by atoms with Crippen molar-refractivity contribution in [3.8, 4) is 17.1 Å². The van der Waals surface area contributed by atoms with Crippen LogP contribution in [0, 0.1) is 6.92 Å². The molecule has 5 aromatic rings. The van der Waals surface area contributed by atoms with Gasteiger partial charge in [0.1, 0.15) is 18.1 Å². The number of aryl methyl sites for hydroxylation is 1. The number of H-pyrrole nitrogens is 2. The molecule has 0 saturated carbocycles. The summed E-state index contributed by atoms with van der Waals surface area (Å²) < 4.78 is 1.91. The summed E-state index contributed by atoms with van der Waals surface area (Å²) in [6, 6.07) is 13.4. The summed E-state index contributed by atoms with van der Waals surface area (Å²) in [6.45, 7) is 2.25. The predicted molar refractivity (Wildman–Crippen MR) is 134 cm³/mol. The minimum Gasteiger partial charge on any atom is -0.376 e. The first-order valence-corrected chi connectivity index (χ1v) is 11.2. The number of imidazole rings is 2. The van der Waals surface area contributed by atoms with Gasteiger partial charge in [0.2, 0.25) is 0 Å². The van der Waals surface area contributed by atoms with Crippen LogP contribution in [0.25, 0.3) is 28.1 Å². The van der Waals surface area contributed by atoms with Crippen molar-refractivity contribution in [1.29, 1.82) is 0 Å². The number of pyridine rings is 1. The molecule has 0 aliphatic carbocycles. The van der Waals surface area contributed by atoms with Crippen molar-refractivity contribution in [1.82, 2.24) is 24.5 Å². The third-order valence-corrected chi connectivity index (χ3v) is 6.09. The maximum Gasteiger partial charge on any atom is 0.261 e. The van der Waals surface area contributed by atoms with Crippen LogP contribution in [0.3, 0.4) is 0 Å². The molecule has 8 nitrogen and oxygen atoms in total. The zero-order valence-corrected chi connectivity index (χ0v) is 19.3. The fourth-order valence-electron chi connectivity index (χ4n) is 4.09. The Morgan fingerprint density at radius 3 is 2.74 bits per heavy atom. The summed E-state index contributed by atoms with van der Waals surface area (Å²) in [4.78, 5) is 29.6. The van der Waals surface area contributed by atoms with Crippen LogP contribution in [-0.4, -0.2) is 42.9 Å². The van der Waals surface area contributed by atoms with Crippen molar-refractivity contribution in [2.24, 2.45) is 0 Å². The second-order valence-electron chi connectivity index (χ2n) is 8.06. The lowest BCUT2D eigenvalue weighted by Gasteiger charge is -2.23. The number of hydrogen-bond acceptors (Lipinski definition) is 5.